The van der Waals surface area contributed by atoms with Gasteiger partial charge in [0.1, 0.15) is 5.52 Å². The summed E-state index contributed by atoms with van der Waals surface area (Å²) >= 11 is 0. The molecular formula is C10H6N2O4. The van der Waals surface area contributed by atoms with Crippen molar-refractivity contribution in [2.24, 2.45) is 0 Å². The Morgan fingerprint density at radius 1 is 1.31 bits per heavy atom. The molecule has 1 aliphatic rings. The maximum absolute atomic E-state index is 10.9. The zero-order valence-corrected chi connectivity index (χ0v) is 8.01. The first kappa shape index (κ1) is 8.90. The van der Waals surface area contributed by atoms with Crippen molar-refractivity contribution in [3.63, 3.8) is 0 Å². The van der Waals surface area contributed by atoms with Crippen LogP contribution in [0.5, 0.6) is 11.6 Å². The molecule has 0 amide bonds. The molecule has 1 aliphatic heterocycles. The molecule has 3 rings (SSSR count). The van der Waals surface area contributed by atoms with Crippen molar-refractivity contribution < 1.29 is 19.4 Å². The second-order valence-electron chi connectivity index (χ2n) is 3.21. The van der Waals surface area contributed by atoms with Crippen molar-refractivity contribution in [3.8, 4) is 11.6 Å². The van der Waals surface area contributed by atoms with Crippen molar-refractivity contribution in [3.05, 3.63) is 23.9 Å². The number of hydrogen-bond acceptors (Lipinski definition) is 5. The van der Waals surface area contributed by atoms with E-state index in [-0.39, 0.29) is 18.4 Å². The number of aromatic nitrogens is 2. The number of carbonyl (C=O) groups is 1. The Morgan fingerprint density at radius 2 is 2.19 bits per heavy atom. The van der Waals surface area contributed by atoms with Crippen LogP contribution in [0.3, 0.4) is 0 Å². The highest BCUT2D eigenvalue weighted by molar-refractivity contribution is 5.92. The van der Waals surface area contributed by atoms with E-state index in [1.54, 1.807) is 18.2 Å². The first-order valence-corrected chi connectivity index (χ1v) is 4.55. The van der Waals surface area contributed by atoms with Crippen LogP contribution in [0.15, 0.2) is 18.2 Å². The molecule has 80 valence electrons. The van der Waals surface area contributed by atoms with Gasteiger partial charge in [-0.05, 0) is 12.1 Å². The third kappa shape index (κ3) is 1.16. The van der Waals surface area contributed by atoms with E-state index in [1.165, 1.54) is 0 Å². The molecule has 6 nitrogen and oxygen atoms in total. The fourth-order valence-electron chi connectivity index (χ4n) is 1.54. The summed E-state index contributed by atoms with van der Waals surface area (Å²) in [5, 5.41) is 8.95. The molecule has 1 aromatic carbocycles. The van der Waals surface area contributed by atoms with Crippen molar-refractivity contribution in [2.75, 3.05) is 6.79 Å². The number of carboxylic acids is 1. The van der Waals surface area contributed by atoms with E-state index >= 15 is 0 Å². The molecular weight excluding hydrogens is 212 g/mol. The molecule has 1 aromatic heterocycles. The Kier molecular flexibility index (Phi) is 1.70. The summed E-state index contributed by atoms with van der Waals surface area (Å²) in [6.45, 7) is -0.0679. The van der Waals surface area contributed by atoms with Gasteiger partial charge in [0.05, 0.1) is 5.52 Å². The predicted molar refractivity (Wildman–Crippen MR) is 52.6 cm³/mol. The maximum Gasteiger partial charge on any atom is 0.360 e. The molecule has 0 saturated heterocycles. The summed E-state index contributed by atoms with van der Waals surface area (Å²) in [6.07, 6.45) is 0. The van der Waals surface area contributed by atoms with Gasteiger partial charge in [-0.25, -0.2) is 14.8 Å². The molecule has 0 aliphatic carbocycles. The Balaban J connectivity index is 2.39. The lowest BCUT2D eigenvalue weighted by Gasteiger charge is -2.02. The Morgan fingerprint density at radius 3 is 3.00 bits per heavy atom. The summed E-state index contributed by atoms with van der Waals surface area (Å²) in [4.78, 5) is 19.0. The molecule has 2 aromatic rings. The quantitative estimate of drug-likeness (QED) is 0.770. The number of benzene rings is 1. The van der Waals surface area contributed by atoms with Crippen LogP contribution < -0.4 is 9.47 Å². The van der Waals surface area contributed by atoms with Gasteiger partial charge in [0.25, 0.3) is 5.88 Å². The summed E-state index contributed by atoms with van der Waals surface area (Å²) in [7, 11) is 0. The van der Waals surface area contributed by atoms with Crippen LogP contribution in [0, 0.1) is 0 Å². The van der Waals surface area contributed by atoms with Crippen LogP contribution in [0.25, 0.3) is 11.0 Å². The Hall–Kier alpha value is -2.37. The van der Waals surface area contributed by atoms with E-state index in [0.29, 0.717) is 16.8 Å². The topological polar surface area (TPSA) is 81.5 Å². The lowest BCUT2D eigenvalue weighted by Crippen LogP contribution is -2.09. The SMILES string of the molecule is O=C(O)c1nc2cccc3c2nc1OCO3. The number of para-hydroxylation sites is 1. The predicted octanol–water partition coefficient (Wildman–Crippen LogP) is 1.06. The molecule has 0 radical (unpaired) electrons. The number of ether oxygens (including phenoxy) is 2. The third-order valence-electron chi connectivity index (χ3n) is 2.24. The molecule has 6 heteroatoms. The van der Waals surface area contributed by atoms with Crippen LogP contribution in [0.1, 0.15) is 10.5 Å². The normalized spacial score (nSPS) is 13.0. The largest absolute Gasteiger partial charge is 0.476 e. The molecule has 2 heterocycles. The zero-order valence-electron chi connectivity index (χ0n) is 8.01. The molecule has 0 saturated carbocycles. The van der Waals surface area contributed by atoms with Crippen molar-refractivity contribution in [1.29, 1.82) is 0 Å². The van der Waals surface area contributed by atoms with E-state index in [9.17, 15) is 4.79 Å². The number of aromatic carboxylic acids is 1. The molecule has 1 N–H and O–H groups in total. The highest BCUT2D eigenvalue weighted by atomic mass is 16.7. The molecule has 2 bridgehead atoms. The Labute approximate surface area is 89.5 Å². The fraction of sp³-hybridized carbons (Fsp3) is 0.100. The summed E-state index contributed by atoms with van der Waals surface area (Å²) < 4.78 is 10.3. The minimum absolute atomic E-state index is 0.00931. The lowest BCUT2D eigenvalue weighted by atomic mass is 10.2. The van der Waals surface area contributed by atoms with Gasteiger partial charge in [-0.2, -0.15) is 0 Å². The van der Waals surface area contributed by atoms with Crippen LogP contribution in [0.4, 0.5) is 0 Å². The zero-order chi connectivity index (χ0) is 11.1. The number of hydrogen-bond donors (Lipinski definition) is 1. The minimum atomic E-state index is -1.17. The molecule has 0 unspecified atom stereocenters. The molecule has 0 fully saturated rings. The first-order valence-electron chi connectivity index (χ1n) is 4.55. The maximum atomic E-state index is 10.9. The fourth-order valence-corrected chi connectivity index (χ4v) is 1.54. The van der Waals surface area contributed by atoms with E-state index in [4.69, 9.17) is 14.6 Å². The standard InChI is InChI=1S/C10H6N2O4/c13-10(14)8-9-12-7-5(11-8)2-1-3-6(7)15-4-16-9/h1-3H,4H2,(H,13,14). The number of nitrogens with zero attached hydrogens (tertiary/aromatic N) is 2. The van der Waals surface area contributed by atoms with Crippen LogP contribution in [0.2, 0.25) is 0 Å². The van der Waals surface area contributed by atoms with E-state index in [1.807, 2.05) is 0 Å². The van der Waals surface area contributed by atoms with E-state index in [0.717, 1.165) is 0 Å². The summed E-state index contributed by atoms with van der Waals surface area (Å²) in [6, 6.07) is 5.13. The van der Waals surface area contributed by atoms with Crippen LogP contribution in [-0.2, 0) is 0 Å². The second kappa shape index (κ2) is 3.06. The van der Waals surface area contributed by atoms with Gasteiger partial charge in [-0.15, -0.1) is 0 Å². The van der Waals surface area contributed by atoms with Crippen LogP contribution >= 0.6 is 0 Å². The lowest BCUT2D eigenvalue weighted by molar-refractivity contribution is 0.0675. The average molecular weight is 218 g/mol. The van der Waals surface area contributed by atoms with Gasteiger partial charge in [-0.1, -0.05) is 6.07 Å². The molecule has 0 spiro atoms. The summed E-state index contributed by atoms with van der Waals surface area (Å²) in [5.74, 6) is -0.637. The van der Waals surface area contributed by atoms with Crippen molar-refractivity contribution in [1.82, 2.24) is 9.97 Å². The van der Waals surface area contributed by atoms with Gasteiger partial charge in [0, 0.05) is 0 Å². The summed E-state index contributed by atoms with van der Waals surface area (Å²) in [5.41, 5.74) is 0.791. The smallest absolute Gasteiger partial charge is 0.360 e. The highest BCUT2D eigenvalue weighted by Gasteiger charge is 2.20. The highest BCUT2D eigenvalue weighted by Crippen LogP contribution is 2.28. The van der Waals surface area contributed by atoms with Gasteiger partial charge in [0.15, 0.2) is 5.75 Å². The molecule has 16 heavy (non-hydrogen) atoms. The third-order valence-corrected chi connectivity index (χ3v) is 2.24. The van der Waals surface area contributed by atoms with Gasteiger partial charge in [0.2, 0.25) is 12.5 Å². The van der Waals surface area contributed by atoms with Crippen molar-refractivity contribution >= 4 is 17.0 Å². The van der Waals surface area contributed by atoms with E-state index < -0.39 is 5.97 Å². The molecule has 0 atom stereocenters. The Bertz CT molecular complexity index is 597. The van der Waals surface area contributed by atoms with E-state index in [2.05, 4.69) is 9.97 Å². The monoisotopic (exact) mass is 218 g/mol. The number of carboxylic acid groups (broad SMARTS) is 1. The number of fused-ring (bicyclic) bond motifs is 1. The first-order chi connectivity index (χ1) is 7.75. The van der Waals surface area contributed by atoms with Gasteiger partial charge in [-0.3, -0.25) is 0 Å². The minimum Gasteiger partial charge on any atom is -0.476 e. The van der Waals surface area contributed by atoms with Gasteiger partial charge >= 0.3 is 5.97 Å². The average Bonchev–Trinajstić information content (AvgIpc) is 2.47. The van der Waals surface area contributed by atoms with Crippen LogP contribution in [-0.4, -0.2) is 27.8 Å². The van der Waals surface area contributed by atoms with Gasteiger partial charge < -0.3 is 14.6 Å². The number of rotatable bonds is 1. The van der Waals surface area contributed by atoms with Crippen molar-refractivity contribution in [2.45, 2.75) is 0 Å². The second-order valence-corrected chi connectivity index (χ2v) is 3.21.